The summed E-state index contributed by atoms with van der Waals surface area (Å²) in [5, 5.41) is 1.95. The fourth-order valence-electron chi connectivity index (χ4n) is 3.25. The zero-order chi connectivity index (χ0) is 23.0. The van der Waals surface area contributed by atoms with E-state index in [9.17, 15) is 17.6 Å². The summed E-state index contributed by atoms with van der Waals surface area (Å²) < 4.78 is 41.0. The summed E-state index contributed by atoms with van der Waals surface area (Å²) in [5.74, 6) is -0.783. The van der Waals surface area contributed by atoms with E-state index in [1.165, 1.54) is 16.4 Å². The third kappa shape index (κ3) is 6.48. The van der Waals surface area contributed by atoms with Crippen LogP contribution in [0.5, 0.6) is 0 Å². The van der Waals surface area contributed by atoms with E-state index in [2.05, 4.69) is 0 Å². The molecule has 32 heavy (non-hydrogen) atoms. The Morgan fingerprint density at radius 1 is 0.969 bits per heavy atom. The van der Waals surface area contributed by atoms with Gasteiger partial charge in [-0.3, -0.25) is 4.79 Å². The lowest BCUT2D eigenvalue weighted by atomic mass is 10.2. The topological polar surface area (TPSA) is 57.7 Å². The summed E-state index contributed by atoms with van der Waals surface area (Å²) in [6.45, 7) is 2.71. The Labute approximate surface area is 193 Å². The number of halogens is 1. The van der Waals surface area contributed by atoms with Crippen molar-refractivity contribution < 1.29 is 17.6 Å². The molecule has 0 aliphatic rings. The molecule has 3 aromatic rings. The number of unbranched alkanes of at least 4 members (excludes halogenated alkanes) is 1. The number of nitrogens with zero attached hydrogens (tertiary/aromatic N) is 2. The Bertz CT molecular complexity index is 1090. The highest BCUT2D eigenvalue weighted by Gasteiger charge is 2.28. The maximum Gasteiger partial charge on any atom is 0.243 e. The van der Waals surface area contributed by atoms with Crippen LogP contribution in [0.4, 0.5) is 4.39 Å². The lowest BCUT2D eigenvalue weighted by Gasteiger charge is -2.27. The molecule has 5 nitrogen and oxygen atoms in total. The molecule has 170 valence electrons. The highest BCUT2D eigenvalue weighted by molar-refractivity contribution is 7.89. The molecule has 0 fully saturated rings. The van der Waals surface area contributed by atoms with E-state index in [0.29, 0.717) is 19.5 Å². The van der Waals surface area contributed by atoms with Crippen LogP contribution in [0.1, 0.15) is 30.2 Å². The molecule has 0 radical (unpaired) electrons. The van der Waals surface area contributed by atoms with Gasteiger partial charge in [-0.15, -0.1) is 11.3 Å². The van der Waals surface area contributed by atoms with Gasteiger partial charge >= 0.3 is 0 Å². The van der Waals surface area contributed by atoms with E-state index < -0.39 is 15.8 Å². The summed E-state index contributed by atoms with van der Waals surface area (Å²) >= 11 is 1.55. The quantitative estimate of drug-likeness (QED) is 0.397. The molecule has 8 heteroatoms. The normalized spacial score (nSPS) is 11.6. The van der Waals surface area contributed by atoms with Crippen LogP contribution >= 0.6 is 11.3 Å². The largest absolute Gasteiger partial charge is 0.332 e. The molecule has 1 heterocycles. The second-order valence-corrected chi connectivity index (χ2v) is 10.4. The van der Waals surface area contributed by atoms with Gasteiger partial charge in [-0.05, 0) is 47.7 Å². The van der Waals surface area contributed by atoms with Crippen LogP contribution in [0, 0.1) is 5.82 Å². The van der Waals surface area contributed by atoms with Crippen molar-refractivity contribution in [2.24, 2.45) is 0 Å². The second-order valence-electron chi connectivity index (χ2n) is 7.46. The fraction of sp³-hybridized carbons (Fsp3) is 0.292. The van der Waals surface area contributed by atoms with E-state index in [1.807, 2.05) is 54.8 Å². The van der Waals surface area contributed by atoms with Crippen LogP contribution in [0.2, 0.25) is 0 Å². The van der Waals surface area contributed by atoms with Crippen molar-refractivity contribution in [2.45, 2.75) is 37.8 Å². The first-order valence-corrected chi connectivity index (χ1v) is 12.8. The standard InChI is InChI=1S/C24H27FN2O3S2/c1-2-3-15-27(32(29,30)23-13-11-21(25)12-14-23)19-24(28)26(18-22-10-7-16-31-22)17-20-8-5-4-6-9-20/h4-14,16H,2-3,15,17-19H2,1H3. The Morgan fingerprint density at radius 3 is 2.31 bits per heavy atom. The number of thiophene rings is 1. The first kappa shape index (κ1) is 24.1. The van der Waals surface area contributed by atoms with Crippen LogP contribution in [-0.2, 0) is 27.9 Å². The molecule has 0 unspecified atom stereocenters. The van der Waals surface area contributed by atoms with Gasteiger partial charge in [-0.2, -0.15) is 4.31 Å². The first-order chi connectivity index (χ1) is 15.4. The second kappa shape index (κ2) is 11.4. The predicted molar refractivity (Wildman–Crippen MR) is 125 cm³/mol. The summed E-state index contributed by atoms with van der Waals surface area (Å²) in [4.78, 5) is 16.0. The van der Waals surface area contributed by atoms with Gasteiger partial charge in [0.15, 0.2) is 0 Å². The molecule has 1 amide bonds. The highest BCUT2D eigenvalue weighted by atomic mass is 32.2. The molecule has 0 aliphatic heterocycles. The number of carbonyl (C=O) groups excluding carboxylic acids is 1. The third-order valence-electron chi connectivity index (χ3n) is 5.02. The van der Waals surface area contributed by atoms with Crippen LogP contribution in [0.15, 0.2) is 77.0 Å². The SMILES string of the molecule is CCCCN(CC(=O)N(Cc1ccccc1)Cc1cccs1)S(=O)(=O)c1ccc(F)cc1. The zero-order valence-electron chi connectivity index (χ0n) is 18.0. The number of hydrogen-bond acceptors (Lipinski definition) is 4. The number of carbonyl (C=O) groups is 1. The van der Waals surface area contributed by atoms with E-state index in [4.69, 9.17) is 0 Å². The molecule has 0 spiro atoms. The van der Waals surface area contributed by atoms with Crippen molar-refractivity contribution in [3.8, 4) is 0 Å². The van der Waals surface area contributed by atoms with Crippen LogP contribution in [-0.4, -0.2) is 36.6 Å². The van der Waals surface area contributed by atoms with Crippen molar-refractivity contribution in [1.82, 2.24) is 9.21 Å². The van der Waals surface area contributed by atoms with Gasteiger partial charge in [-0.1, -0.05) is 49.7 Å². The molecule has 2 aromatic carbocycles. The minimum atomic E-state index is -3.93. The number of rotatable bonds is 11. The smallest absolute Gasteiger partial charge is 0.243 e. The van der Waals surface area contributed by atoms with Crippen LogP contribution in [0.3, 0.4) is 0 Å². The number of benzene rings is 2. The number of hydrogen-bond donors (Lipinski definition) is 0. The van der Waals surface area contributed by atoms with E-state index in [-0.39, 0.29) is 23.9 Å². The van der Waals surface area contributed by atoms with Gasteiger partial charge < -0.3 is 4.90 Å². The summed E-state index contributed by atoms with van der Waals surface area (Å²) in [6, 6.07) is 18.2. The van der Waals surface area contributed by atoms with Gasteiger partial charge in [0.05, 0.1) is 18.0 Å². The first-order valence-electron chi connectivity index (χ1n) is 10.5. The summed E-state index contributed by atoms with van der Waals surface area (Å²) in [5.41, 5.74) is 0.971. The Morgan fingerprint density at radius 2 is 1.69 bits per heavy atom. The average molecular weight is 475 g/mol. The van der Waals surface area contributed by atoms with Gasteiger partial charge in [0.25, 0.3) is 0 Å². The van der Waals surface area contributed by atoms with Gasteiger partial charge in [0.1, 0.15) is 5.82 Å². The van der Waals surface area contributed by atoms with Gasteiger partial charge in [-0.25, -0.2) is 12.8 Å². The molecule has 0 bridgehead atoms. The van der Waals surface area contributed by atoms with Gasteiger partial charge in [0, 0.05) is 18.0 Å². The maximum atomic E-state index is 13.3. The lowest BCUT2D eigenvalue weighted by Crippen LogP contribution is -2.42. The maximum absolute atomic E-state index is 13.3. The molecule has 0 aliphatic carbocycles. The van der Waals surface area contributed by atoms with E-state index in [1.54, 1.807) is 16.2 Å². The monoisotopic (exact) mass is 474 g/mol. The van der Waals surface area contributed by atoms with Crippen LogP contribution < -0.4 is 0 Å². The predicted octanol–water partition coefficient (Wildman–Crippen LogP) is 4.91. The lowest BCUT2D eigenvalue weighted by molar-refractivity contribution is -0.132. The van der Waals surface area contributed by atoms with Crippen LogP contribution in [0.25, 0.3) is 0 Å². The minimum Gasteiger partial charge on any atom is -0.332 e. The Kier molecular flexibility index (Phi) is 8.55. The number of sulfonamides is 1. The van der Waals surface area contributed by atoms with Gasteiger partial charge in [0.2, 0.25) is 15.9 Å². The van der Waals surface area contributed by atoms with Crippen molar-refractivity contribution >= 4 is 27.3 Å². The molecule has 0 saturated carbocycles. The molecule has 0 atom stereocenters. The minimum absolute atomic E-state index is 0.0179. The van der Waals surface area contributed by atoms with Crippen molar-refractivity contribution in [1.29, 1.82) is 0 Å². The highest BCUT2D eigenvalue weighted by Crippen LogP contribution is 2.19. The van der Waals surface area contributed by atoms with Crippen molar-refractivity contribution in [3.05, 3.63) is 88.4 Å². The third-order valence-corrected chi connectivity index (χ3v) is 7.74. The summed E-state index contributed by atoms with van der Waals surface area (Å²) in [6.07, 6.45) is 1.41. The van der Waals surface area contributed by atoms with Crippen molar-refractivity contribution in [2.75, 3.05) is 13.1 Å². The molecular formula is C24H27FN2O3S2. The molecule has 1 aromatic heterocycles. The van der Waals surface area contributed by atoms with E-state index in [0.717, 1.165) is 29.0 Å². The molecule has 3 rings (SSSR count). The molecule has 0 saturated heterocycles. The number of amides is 1. The van der Waals surface area contributed by atoms with Crippen molar-refractivity contribution in [3.63, 3.8) is 0 Å². The fourth-order valence-corrected chi connectivity index (χ4v) is 5.40. The Balaban J connectivity index is 1.84. The molecular weight excluding hydrogens is 447 g/mol. The average Bonchev–Trinajstić information content (AvgIpc) is 3.30. The van der Waals surface area contributed by atoms with E-state index >= 15 is 0 Å². The summed E-state index contributed by atoms with van der Waals surface area (Å²) in [7, 11) is -3.93. The zero-order valence-corrected chi connectivity index (χ0v) is 19.6. The molecule has 0 N–H and O–H groups in total. The Hall–Kier alpha value is -2.55.